The van der Waals surface area contributed by atoms with Crippen molar-refractivity contribution in [1.82, 2.24) is 4.98 Å². The molecule has 0 amide bonds. The molecule has 0 bridgehead atoms. The van der Waals surface area contributed by atoms with E-state index in [0.717, 1.165) is 28.8 Å². The Morgan fingerprint density at radius 2 is 1.48 bits per heavy atom. The second-order valence-electron chi connectivity index (χ2n) is 5.33. The summed E-state index contributed by atoms with van der Waals surface area (Å²) in [4.78, 5) is 4.40. The largest absolute Gasteiger partial charge is 0.416 e. The van der Waals surface area contributed by atoms with E-state index < -0.39 is 11.7 Å². The summed E-state index contributed by atoms with van der Waals surface area (Å²) in [5.74, 6) is 0. The first-order valence-corrected chi connectivity index (χ1v) is 7.15. The topological polar surface area (TPSA) is 12.9 Å². The molecule has 0 saturated carbocycles. The Labute approximate surface area is 132 Å². The molecule has 4 heteroatoms. The highest BCUT2D eigenvalue weighted by Crippen LogP contribution is 2.31. The number of nitrogens with zero attached hydrogens (tertiary/aromatic N) is 1. The molecular weight excluding hydrogens is 299 g/mol. The summed E-state index contributed by atoms with van der Waals surface area (Å²) in [5, 5.41) is 0. The van der Waals surface area contributed by atoms with Crippen LogP contribution in [0.1, 0.15) is 11.1 Å². The second-order valence-corrected chi connectivity index (χ2v) is 5.33. The lowest BCUT2D eigenvalue weighted by Crippen LogP contribution is -2.04. The summed E-state index contributed by atoms with van der Waals surface area (Å²) in [6.45, 7) is 1.97. The summed E-state index contributed by atoms with van der Waals surface area (Å²) in [6.07, 6.45) is -2.56. The molecule has 1 heterocycles. The van der Waals surface area contributed by atoms with Crippen molar-refractivity contribution in [2.75, 3.05) is 0 Å². The van der Waals surface area contributed by atoms with Gasteiger partial charge in [0.15, 0.2) is 0 Å². The van der Waals surface area contributed by atoms with Gasteiger partial charge >= 0.3 is 6.18 Å². The average Bonchev–Trinajstić information content (AvgIpc) is 2.55. The molecule has 1 aromatic heterocycles. The maximum atomic E-state index is 12.6. The predicted molar refractivity (Wildman–Crippen MR) is 84.8 cm³/mol. The minimum atomic E-state index is -4.32. The minimum Gasteiger partial charge on any atom is -0.256 e. The summed E-state index contributed by atoms with van der Waals surface area (Å²) in [6, 6.07) is 16.8. The van der Waals surface area contributed by atoms with Crippen LogP contribution in [0.4, 0.5) is 13.2 Å². The Morgan fingerprint density at radius 1 is 0.826 bits per heavy atom. The van der Waals surface area contributed by atoms with Gasteiger partial charge in [0.25, 0.3) is 0 Å². The summed E-state index contributed by atoms with van der Waals surface area (Å²) < 4.78 is 37.8. The fourth-order valence-electron chi connectivity index (χ4n) is 2.46. The maximum absolute atomic E-state index is 12.6. The van der Waals surface area contributed by atoms with E-state index in [0.29, 0.717) is 11.3 Å². The van der Waals surface area contributed by atoms with Gasteiger partial charge in [0, 0.05) is 17.3 Å². The smallest absolute Gasteiger partial charge is 0.256 e. The third-order valence-electron chi connectivity index (χ3n) is 3.70. The van der Waals surface area contributed by atoms with E-state index in [1.165, 1.54) is 12.1 Å². The van der Waals surface area contributed by atoms with Gasteiger partial charge in [-0.05, 0) is 36.2 Å². The number of hydrogen-bond acceptors (Lipinski definition) is 1. The highest BCUT2D eigenvalue weighted by molar-refractivity contribution is 5.70. The molecule has 0 fully saturated rings. The number of benzene rings is 2. The number of aromatic nitrogens is 1. The SMILES string of the molecule is Cc1cc(-c2ccc(C(F)(F)F)cc2)ncc1-c1ccccc1. The summed E-state index contributed by atoms with van der Waals surface area (Å²) in [7, 11) is 0. The molecule has 0 saturated heterocycles. The number of alkyl halides is 3. The van der Waals surface area contributed by atoms with E-state index in [2.05, 4.69) is 4.98 Å². The Kier molecular flexibility index (Phi) is 3.90. The zero-order valence-electron chi connectivity index (χ0n) is 12.4. The summed E-state index contributed by atoms with van der Waals surface area (Å²) in [5.41, 5.74) is 3.79. The molecule has 0 unspecified atom stereocenters. The lowest BCUT2D eigenvalue weighted by molar-refractivity contribution is -0.137. The van der Waals surface area contributed by atoms with Crippen molar-refractivity contribution < 1.29 is 13.2 Å². The third-order valence-corrected chi connectivity index (χ3v) is 3.70. The van der Waals surface area contributed by atoms with Crippen LogP contribution in [-0.2, 0) is 6.18 Å². The van der Waals surface area contributed by atoms with Crippen LogP contribution in [0.3, 0.4) is 0 Å². The van der Waals surface area contributed by atoms with Gasteiger partial charge in [-0.15, -0.1) is 0 Å². The molecule has 1 nitrogen and oxygen atoms in total. The zero-order chi connectivity index (χ0) is 16.4. The van der Waals surface area contributed by atoms with Crippen LogP contribution in [0.2, 0.25) is 0 Å². The van der Waals surface area contributed by atoms with Gasteiger partial charge in [0.1, 0.15) is 0 Å². The molecule has 0 atom stereocenters. The molecule has 2 aromatic carbocycles. The van der Waals surface area contributed by atoms with Gasteiger partial charge in [0.05, 0.1) is 11.3 Å². The van der Waals surface area contributed by atoms with Crippen molar-refractivity contribution in [1.29, 1.82) is 0 Å². The van der Waals surface area contributed by atoms with E-state index in [9.17, 15) is 13.2 Å². The molecule has 116 valence electrons. The van der Waals surface area contributed by atoms with Crippen LogP contribution in [0.25, 0.3) is 22.4 Å². The van der Waals surface area contributed by atoms with E-state index in [4.69, 9.17) is 0 Å². The van der Waals surface area contributed by atoms with E-state index >= 15 is 0 Å². The highest BCUT2D eigenvalue weighted by Gasteiger charge is 2.30. The first-order chi connectivity index (χ1) is 10.9. The van der Waals surface area contributed by atoms with Crippen LogP contribution >= 0.6 is 0 Å². The minimum absolute atomic E-state index is 0.654. The Hall–Kier alpha value is -2.62. The molecule has 0 aliphatic carbocycles. The number of halogens is 3. The average molecular weight is 313 g/mol. The highest BCUT2D eigenvalue weighted by atomic mass is 19.4. The van der Waals surface area contributed by atoms with Gasteiger partial charge in [-0.25, -0.2) is 0 Å². The molecular formula is C19H14F3N. The van der Waals surface area contributed by atoms with Gasteiger partial charge in [0.2, 0.25) is 0 Å². The van der Waals surface area contributed by atoms with Crippen molar-refractivity contribution >= 4 is 0 Å². The predicted octanol–water partition coefficient (Wildman–Crippen LogP) is 5.74. The number of hydrogen-bond donors (Lipinski definition) is 0. The first kappa shape index (κ1) is 15.3. The van der Waals surface area contributed by atoms with Crippen LogP contribution < -0.4 is 0 Å². The standard InChI is InChI=1S/C19H14F3N/c1-13-11-18(15-7-9-16(10-8-15)19(20,21)22)23-12-17(13)14-5-3-2-4-6-14/h2-12H,1H3. The second kappa shape index (κ2) is 5.88. The molecule has 3 rings (SSSR count). The summed E-state index contributed by atoms with van der Waals surface area (Å²) >= 11 is 0. The van der Waals surface area contributed by atoms with Crippen LogP contribution in [0.5, 0.6) is 0 Å². The fourth-order valence-corrected chi connectivity index (χ4v) is 2.46. The molecule has 0 aliphatic rings. The Balaban J connectivity index is 1.94. The number of aryl methyl sites for hydroxylation is 1. The van der Waals surface area contributed by atoms with Gasteiger partial charge in [-0.3, -0.25) is 4.98 Å². The number of pyridine rings is 1. The molecule has 0 radical (unpaired) electrons. The van der Waals surface area contributed by atoms with Gasteiger partial charge < -0.3 is 0 Å². The maximum Gasteiger partial charge on any atom is 0.416 e. The molecule has 3 aromatic rings. The van der Waals surface area contributed by atoms with Crippen molar-refractivity contribution in [3.63, 3.8) is 0 Å². The van der Waals surface area contributed by atoms with E-state index in [1.807, 2.05) is 43.3 Å². The van der Waals surface area contributed by atoms with Crippen molar-refractivity contribution in [2.45, 2.75) is 13.1 Å². The lowest BCUT2D eigenvalue weighted by Gasteiger charge is -2.10. The van der Waals surface area contributed by atoms with E-state index in [1.54, 1.807) is 6.20 Å². The molecule has 0 N–H and O–H groups in total. The normalized spacial score (nSPS) is 11.5. The fraction of sp³-hybridized carbons (Fsp3) is 0.105. The number of rotatable bonds is 2. The Bertz CT molecular complexity index is 806. The first-order valence-electron chi connectivity index (χ1n) is 7.15. The van der Waals surface area contributed by atoms with Crippen LogP contribution in [-0.4, -0.2) is 4.98 Å². The van der Waals surface area contributed by atoms with Crippen molar-refractivity contribution in [2.24, 2.45) is 0 Å². The van der Waals surface area contributed by atoms with Crippen molar-refractivity contribution in [3.05, 3.63) is 78.0 Å². The van der Waals surface area contributed by atoms with Crippen LogP contribution in [0, 0.1) is 6.92 Å². The monoisotopic (exact) mass is 313 g/mol. The van der Waals surface area contributed by atoms with Gasteiger partial charge in [-0.2, -0.15) is 13.2 Å². The Morgan fingerprint density at radius 3 is 2.04 bits per heavy atom. The van der Waals surface area contributed by atoms with Crippen molar-refractivity contribution in [3.8, 4) is 22.4 Å². The van der Waals surface area contributed by atoms with Crippen LogP contribution in [0.15, 0.2) is 66.9 Å². The molecule has 0 spiro atoms. The quantitative estimate of drug-likeness (QED) is 0.587. The van der Waals surface area contributed by atoms with Gasteiger partial charge in [-0.1, -0.05) is 42.5 Å². The molecule has 0 aliphatic heterocycles. The zero-order valence-corrected chi connectivity index (χ0v) is 12.4. The lowest BCUT2D eigenvalue weighted by atomic mass is 10.0. The third kappa shape index (κ3) is 3.26. The van der Waals surface area contributed by atoms with E-state index in [-0.39, 0.29) is 0 Å². The molecule has 23 heavy (non-hydrogen) atoms.